The van der Waals surface area contributed by atoms with Crippen molar-refractivity contribution in [3.8, 4) is 5.75 Å². The fourth-order valence-corrected chi connectivity index (χ4v) is 3.16. The number of sulfonamides is 1. The highest BCUT2D eigenvalue weighted by atomic mass is 32.2. The third-order valence-corrected chi connectivity index (χ3v) is 4.73. The maximum absolute atomic E-state index is 12.6. The van der Waals surface area contributed by atoms with Gasteiger partial charge < -0.3 is 10.8 Å². The molecule has 3 N–H and O–H groups in total. The third-order valence-electron chi connectivity index (χ3n) is 2.87. The van der Waals surface area contributed by atoms with E-state index in [-0.39, 0.29) is 17.2 Å². The van der Waals surface area contributed by atoms with Gasteiger partial charge in [0.2, 0.25) is 0 Å². The minimum atomic E-state index is -3.77. The van der Waals surface area contributed by atoms with Gasteiger partial charge in [0.05, 0.1) is 11.4 Å². The molecule has 0 radical (unpaired) electrons. The SMILES string of the molecule is CN(c1cccc(O)c1)S(=O)(=O)c1cccnc1CN. The zero-order valence-corrected chi connectivity index (χ0v) is 11.7. The molecule has 0 atom stereocenters. The van der Waals surface area contributed by atoms with Gasteiger partial charge in [0.25, 0.3) is 10.0 Å². The van der Waals surface area contributed by atoms with Crippen LogP contribution in [0.25, 0.3) is 0 Å². The van der Waals surface area contributed by atoms with Crippen molar-refractivity contribution in [1.82, 2.24) is 4.98 Å². The van der Waals surface area contributed by atoms with Gasteiger partial charge in [-0.05, 0) is 24.3 Å². The molecule has 0 aliphatic heterocycles. The Morgan fingerprint density at radius 1 is 1.30 bits per heavy atom. The van der Waals surface area contributed by atoms with E-state index in [0.717, 1.165) is 4.31 Å². The molecule has 7 heteroatoms. The van der Waals surface area contributed by atoms with Gasteiger partial charge in [0.1, 0.15) is 10.6 Å². The number of anilines is 1. The molecular formula is C13H15N3O3S. The van der Waals surface area contributed by atoms with Crippen molar-refractivity contribution in [1.29, 1.82) is 0 Å². The first-order valence-electron chi connectivity index (χ1n) is 5.88. The average molecular weight is 293 g/mol. The summed E-state index contributed by atoms with van der Waals surface area (Å²) in [5, 5.41) is 9.45. The lowest BCUT2D eigenvalue weighted by atomic mass is 10.3. The van der Waals surface area contributed by atoms with Crippen LogP contribution in [0.1, 0.15) is 5.69 Å². The van der Waals surface area contributed by atoms with E-state index >= 15 is 0 Å². The molecule has 6 nitrogen and oxygen atoms in total. The number of benzene rings is 1. The summed E-state index contributed by atoms with van der Waals surface area (Å²) in [5.74, 6) is -0.00483. The van der Waals surface area contributed by atoms with Crippen LogP contribution in [0.4, 0.5) is 5.69 Å². The Balaban J connectivity index is 2.50. The molecule has 0 bridgehead atoms. The normalized spacial score (nSPS) is 11.3. The Hall–Kier alpha value is -2.12. The smallest absolute Gasteiger partial charge is 0.265 e. The van der Waals surface area contributed by atoms with Crippen LogP contribution in [0, 0.1) is 0 Å². The van der Waals surface area contributed by atoms with Gasteiger partial charge in [-0.25, -0.2) is 8.42 Å². The van der Waals surface area contributed by atoms with Crippen LogP contribution in [0.3, 0.4) is 0 Å². The maximum Gasteiger partial charge on any atom is 0.265 e. The number of phenolic OH excluding ortho intramolecular Hbond substituents is 1. The second kappa shape index (κ2) is 5.48. The van der Waals surface area contributed by atoms with Crippen molar-refractivity contribution in [2.24, 2.45) is 5.73 Å². The molecule has 0 aliphatic carbocycles. The Kier molecular flexibility index (Phi) is 3.91. The van der Waals surface area contributed by atoms with Crippen molar-refractivity contribution in [3.63, 3.8) is 0 Å². The Morgan fingerprint density at radius 2 is 2.05 bits per heavy atom. The number of pyridine rings is 1. The number of phenols is 1. The van der Waals surface area contributed by atoms with E-state index in [1.165, 1.54) is 31.4 Å². The van der Waals surface area contributed by atoms with Gasteiger partial charge in [0, 0.05) is 25.9 Å². The molecule has 2 rings (SSSR count). The van der Waals surface area contributed by atoms with E-state index in [1.54, 1.807) is 18.2 Å². The van der Waals surface area contributed by atoms with Crippen LogP contribution in [0.5, 0.6) is 5.75 Å². The number of nitrogens with zero attached hydrogens (tertiary/aromatic N) is 2. The molecule has 0 unspecified atom stereocenters. The minimum Gasteiger partial charge on any atom is -0.508 e. The third kappa shape index (κ3) is 2.59. The molecule has 2 aromatic rings. The molecule has 1 aromatic carbocycles. The van der Waals surface area contributed by atoms with E-state index in [1.807, 2.05) is 0 Å². The van der Waals surface area contributed by atoms with Crippen LogP contribution < -0.4 is 10.0 Å². The molecule has 20 heavy (non-hydrogen) atoms. The number of rotatable bonds is 4. The van der Waals surface area contributed by atoms with Gasteiger partial charge in [-0.15, -0.1) is 0 Å². The quantitative estimate of drug-likeness (QED) is 0.879. The second-order valence-corrected chi connectivity index (χ2v) is 6.08. The lowest BCUT2D eigenvalue weighted by molar-refractivity contribution is 0.475. The first-order chi connectivity index (χ1) is 9.46. The van der Waals surface area contributed by atoms with Gasteiger partial charge in [-0.1, -0.05) is 6.07 Å². The second-order valence-electron chi connectivity index (χ2n) is 4.14. The predicted octanol–water partition coefficient (Wildman–Crippen LogP) is 1.07. The highest BCUT2D eigenvalue weighted by Crippen LogP contribution is 2.25. The van der Waals surface area contributed by atoms with Crippen molar-refractivity contribution >= 4 is 15.7 Å². The molecule has 1 heterocycles. The first-order valence-corrected chi connectivity index (χ1v) is 7.32. The summed E-state index contributed by atoms with van der Waals surface area (Å²) in [6, 6.07) is 9.01. The highest BCUT2D eigenvalue weighted by Gasteiger charge is 2.24. The fraction of sp³-hybridized carbons (Fsp3) is 0.154. The van der Waals surface area contributed by atoms with Crippen LogP contribution in [0.2, 0.25) is 0 Å². The predicted molar refractivity (Wildman–Crippen MR) is 75.8 cm³/mol. The molecule has 0 fully saturated rings. The maximum atomic E-state index is 12.6. The number of nitrogens with two attached hydrogens (primary N) is 1. The van der Waals surface area contributed by atoms with Gasteiger partial charge in [0.15, 0.2) is 0 Å². The van der Waals surface area contributed by atoms with E-state index in [4.69, 9.17) is 5.73 Å². The standard InChI is InChI=1S/C13H15N3O3S/c1-16(10-4-2-5-11(17)8-10)20(18,19)13-6-3-7-15-12(13)9-14/h2-8,17H,9,14H2,1H3. The fourth-order valence-electron chi connectivity index (χ4n) is 1.79. The molecule has 0 saturated heterocycles. The molecule has 0 saturated carbocycles. The van der Waals surface area contributed by atoms with Crippen molar-refractivity contribution in [2.75, 3.05) is 11.4 Å². The highest BCUT2D eigenvalue weighted by molar-refractivity contribution is 7.92. The lowest BCUT2D eigenvalue weighted by Crippen LogP contribution is -2.28. The number of hydrogen-bond acceptors (Lipinski definition) is 5. The molecule has 106 valence electrons. The average Bonchev–Trinajstić information content (AvgIpc) is 2.46. The number of hydrogen-bond donors (Lipinski definition) is 2. The topological polar surface area (TPSA) is 96.5 Å². The minimum absolute atomic E-state index is 0.00483. The van der Waals surface area contributed by atoms with E-state index in [9.17, 15) is 13.5 Å². The van der Waals surface area contributed by atoms with Crippen LogP contribution in [0.15, 0.2) is 47.5 Å². The first kappa shape index (κ1) is 14.3. The number of aromatic nitrogens is 1. The van der Waals surface area contributed by atoms with Gasteiger partial charge >= 0.3 is 0 Å². The molecule has 1 aromatic heterocycles. The molecule has 0 aliphatic rings. The summed E-state index contributed by atoms with van der Waals surface area (Å²) in [7, 11) is -2.36. The molecular weight excluding hydrogens is 278 g/mol. The van der Waals surface area contributed by atoms with Crippen molar-refractivity contribution in [2.45, 2.75) is 11.4 Å². The Morgan fingerprint density at radius 3 is 2.70 bits per heavy atom. The molecule has 0 spiro atoms. The van der Waals surface area contributed by atoms with E-state index in [2.05, 4.69) is 4.98 Å². The summed E-state index contributed by atoms with van der Waals surface area (Å²) in [5.41, 5.74) is 6.19. The Bertz CT molecular complexity index is 716. The summed E-state index contributed by atoms with van der Waals surface area (Å²) in [6.45, 7) is 0.0310. The van der Waals surface area contributed by atoms with E-state index in [0.29, 0.717) is 11.4 Å². The lowest BCUT2D eigenvalue weighted by Gasteiger charge is -2.20. The Labute approximate surface area is 117 Å². The van der Waals surface area contributed by atoms with Crippen molar-refractivity contribution < 1.29 is 13.5 Å². The van der Waals surface area contributed by atoms with E-state index < -0.39 is 10.0 Å². The van der Waals surface area contributed by atoms with Crippen molar-refractivity contribution in [3.05, 3.63) is 48.3 Å². The van der Waals surface area contributed by atoms with Crippen LogP contribution >= 0.6 is 0 Å². The zero-order valence-electron chi connectivity index (χ0n) is 10.9. The van der Waals surface area contributed by atoms with Crippen LogP contribution in [-0.2, 0) is 16.6 Å². The van der Waals surface area contributed by atoms with Gasteiger partial charge in [-0.3, -0.25) is 9.29 Å². The summed E-state index contributed by atoms with van der Waals surface area (Å²) in [6.07, 6.45) is 1.50. The largest absolute Gasteiger partial charge is 0.508 e. The van der Waals surface area contributed by atoms with Crippen LogP contribution in [-0.4, -0.2) is 25.6 Å². The number of aromatic hydroxyl groups is 1. The zero-order chi connectivity index (χ0) is 14.8. The summed E-state index contributed by atoms with van der Waals surface area (Å²) >= 11 is 0. The molecule has 0 amide bonds. The summed E-state index contributed by atoms with van der Waals surface area (Å²) in [4.78, 5) is 4.04. The monoisotopic (exact) mass is 293 g/mol. The van der Waals surface area contributed by atoms with Gasteiger partial charge in [-0.2, -0.15) is 0 Å². The summed E-state index contributed by atoms with van der Waals surface area (Å²) < 4.78 is 26.2.